The zero-order chi connectivity index (χ0) is 12.1. The van der Waals surface area contributed by atoms with Crippen molar-refractivity contribution >= 4 is 0 Å². The first-order chi connectivity index (χ1) is 8.25. The summed E-state index contributed by atoms with van der Waals surface area (Å²) in [5.41, 5.74) is 3.76. The van der Waals surface area contributed by atoms with Gasteiger partial charge in [0.2, 0.25) is 0 Å². The lowest BCUT2D eigenvalue weighted by Gasteiger charge is -2.31. The van der Waals surface area contributed by atoms with Crippen molar-refractivity contribution in [2.75, 3.05) is 26.2 Å². The van der Waals surface area contributed by atoms with Crippen molar-refractivity contribution in [3.8, 4) is 0 Å². The Morgan fingerprint density at radius 2 is 1.65 bits per heavy atom. The van der Waals surface area contributed by atoms with Crippen LogP contribution in [0.4, 0.5) is 0 Å². The van der Waals surface area contributed by atoms with Crippen LogP contribution in [-0.2, 0) is 0 Å². The molecule has 1 atom stereocenters. The molecule has 0 aromatic heterocycles. The van der Waals surface area contributed by atoms with Crippen LogP contribution >= 0.6 is 0 Å². The minimum atomic E-state index is 0.712. The Bertz CT molecular complexity index is 212. The van der Waals surface area contributed by atoms with E-state index in [-0.39, 0.29) is 0 Å². The van der Waals surface area contributed by atoms with Gasteiger partial charge in [0.25, 0.3) is 0 Å². The molecule has 1 unspecified atom stereocenters. The molecule has 100 valence electrons. The van der Waals surface area contributed by atoms with E-state index in [9.17, 15) is 0 Å². The van der Waals surface area contributed by atoms with Gasteiger partial charge in [-0.3, -0.25) is 5.43 Å². The molecule has 0 saturated carbocycles. The van der Waals surface area contributed by atoms with Gasteiger partial charge in [-0.2, -0.15) is 0 Å². The van der Waals surface area contributed by atoms with Gasteiger partial charge >= 0.3 is 0 Å². The maximum atomic E-state index is 3.76. The summed E-state index contributed by atoms with van der Waals surface area (Å²) >= 11 is 0. The fourth-order valence-corrected chi connectivity index (χ4v) is 3.05. The first-order valence-electron chi connectivity index (χ1n) is 7.51. The van der Waals surface area contributed by atoms with Gasteiger partial charge in [-0.05, 0) is 59.0 Å². The van der Waals surface area contributed by atoms with Crippen molar-refractivity contribution in [1.82, 2.24) is 15.3 Å². The molecule has 0 aromatic carbocycles. The molecule has 2 saturated heterocycles. The predicted octanol–water partition coefficient (Wildman–Crippen LogP) is 2.24. The van der Waals surface area contributed by atoms with Gasteiger partial charge in [0, 0.05) is 25.2 Å². The van der Waals surface area contributed by atoms with E-state index in [2.05, 4.69) is 29.2 Å². The van der Waals surface area contributed by atoms with E-state index in [0.29, 0.717) is 6.04 Å². The summed E-state index contributed by atoms with van der Waals surface area (Å²) in [5.74, 6) is 0. The Morgan fingerprint density at radius 3 is 2.35 bits per heavy atom. The van der Waals surface area contributed by atoms with Gasteiger partial charge in [-0.25, -0.2) is 5.01 Å². The Kier molecular flexibility index (Phi) is 5.26. The van der Waals surface area contributed by atoms with E-state index in [0.717, 1.165) is 6.04 Å². The topological polar surface area (TPSA) is 18.5 Å². The SMILES string of the molecule is CC(C)N1CCCC(NN2CCCCC2)CC1. The number of rotatable bonds is 3. The van der Waals surface area contributed by atoms with Crippen LogP contribution in [0.1, 0.15) is 52.4 Å². The molecule has 2 fully saturated rings. The first-order valence-corrected chi connectivity index (χ1v) is 7.51. The number of piperidine rings is 1. The molecular formula is C14H29N3. The van der Waals surface area contributed by atoms with E-state index >= 15 is 0 Å². The number of hydrogen-bond acceptors (Lipinski definition) is 3. The van der Waals surface area contributed by atoms with E-state index < -0.39 is 0 Å². The fraction of sp³-hybridized carbons (Fsp3) is 1.00. The van der Waals surface area contributed by atoms with E-state index in [4.69, 9.17) is 0 Å². The molecule has 2 aliphatic rings. The number of hydrazine groups is 1. The smallest absolute Gasteiger partial charge is 0.0227 e. The summed E-state index contributed by atoms with van der Waals surface area (Å²) in [6, 6.07) is 1.43. The largest absolute Gasteiger partial charge is 0.301 e. The molecule has 0 spiro atoms. The lowest BCUT2D eigenvalue weighted by atomic mass is 10.1. The van der Waals surface area contributed by atoms with Crippen LogP contribution < -0.4 is 5.43 Å². The standard InChI is InChI=1S/C14H29N3/c1-13(2)16-9-6-7-14(8-12-16)15-17-10-4-3-5-11-17/h13-15H,3-12H2,1-2H3. The maximum Gasteiger partial charge on any atom is 0.0227 e. The van der Waals surface area contributed by atoms with Crippen molar-refractivity contribution in [2.24, 2.45) is 0 Å². The van der Waals surface area contributed by atoms with E-state index in [1.807, 2.05) is 0 Å². The van der Waals surface area contributed by atoms with Crippen LogP contribution in [0, 0.1) is 0 Å². The molecule has 17 heavy (non-hydrogen) atoms. The van der Waals surface area contributed by atoms with Crippen LogP contribution in [0.5, 0.6) is 0 Å². The first kappa shape index (κ1) is 13.3. The Labute approximate surface area is 107 Å². The van der Waals surface area contributed by atoms with Gasteiger partial charge < -0.3 is 4.90 Å². The third-order valence-corrected chi connectivity index (χ3v) is 4.21. The molecule has 0 bridgehead atoms. The monoisotopic (exact) mass is 239 g/mol. The molecule has 0 amide bonds. The van der Waals surface area contributed by atoms with Crippen LogP contribution in [0.2, 0.25) is 0 Å². The third kappa shape index (κ3) is 4.23. The van der Waals surface area contributed by atoms with Gasteiger partial charge in [-0.15, -0.1) is 0 Å². The molecule has 3 heteroatoms. The van der Waals surface area contributed by atoms with Gasteiger partial charge in [0.15, 0.2) is 0 Å². The molecular weight excluding hydrogens is 210 g/mol. The molecule has 3 nitrogen and oxygen atoms in total. The van der Waals surface area contributed by atoms with Gasteiger partial charge in [0.05, 0.1) is 0 Å². The Morgan fingerprint density at radius 1 is 0.882 bits per heavy atom. The Balaban J connectivity index is 1.74. The molecule has 2 rings (SSSR count). The zero-order valence-corrected chi connectivity index (χ0v) is 11.6. The number of nitrogens with one attached hydrogen (secondary N) is 1. The normalized spacial score (nSPS) is 29.5. The average molecular weight is 239 g/mol. The van der Waals surface area contributed by atoms with Crippen LogP contribution in [-0.4, -0.2) is 48.2 Å². The van der Waals surface area contributed by atoms with Crippen molar-refractivity contribution in [3.05, 3.63) is 0 Å². The van der Waals surface area contributed by atoms with E-state index in [1.54, 1.807) is 0 Å². The second-order valence-electron chi connectivity index (χ2n) is 5.93. The van der Waals surface area contributed by atoms with Crippen LogP contribution in [0.25, 0.3) is 0 Å². The second-order valence-corrected chi connectivity index (χ2v) is 5.93. The number of likely N-dealkylation sites (tertiary alicyclic amines) is 1. The minimum absolute atomic E-state index is 0.712. The molecule has 1 N–H and O–H groups in total. The van der Waals surface area contributed by atoms with Crippen molar-refractivity contribution in [1.29, 1.82) is 0 Å². The molecule has 2 heterocycles. The highest BCUT2D eigenvalue weighted by atomic mass is 15.5. The zero-order valence-electron chi connectivity index (χ0n) is 11.6. The highest BCUT2D eigenvalue weighted by Crippen LogP contribution is 2.15. The predicted molar refractivity (Wildman–Crippen MR) is 72.9 cm³/mol. The van der Waals surface area contributed by atoms with Crippen molar-refractivity contribution < 1.29 is 0 Å². The summed E-state index contributed by atoms with van der Waals surface area (Å²) in [6.07, 6.45) is 8.18. The minimum Gasteiger partial charge on any atom is -0.301 e. The Hall–Kier alpha value is -0.120. The van der Waals surface area contributed by atoms with Crippen LogP contribution in [0.15, 0.2) is 0 Å². The van der Waals surface area contributed by atoms with Gasteiger partial charge in [0.1, 0.15) is 0 Å². The average Bonchev–Trinajstić information content (AvgIpc) is 2.56. The third-order valence-electron chi connectivity index (χ3n) is 4.21. The molecule has 0 aliphatic carbocycles. The number of nitrogens with zero attached hydrogens (tertiary/aromatic N) is 2. The van der Waals surface area contributed by atoms with Crippen molar-refractivity contribution in [3.63, 3.8) is 0 Å². The molecule has 0 aromatic rings. The summed E-state index contributed by atoms with van der Waals surface area (Å²) in [7, 11) is 0. The van der Waals surface area contributed by atoms with Crippen molar-refractivity contribution in [2.45, 2.75) is 64.5 Å². The lowest BCUT2D eigenvalue weighted by Crippen LogP contribution is -2.47. The molecule has 0 radical (unpaired) electrons. The number of hydrogen-bond donors (Lipinski definition) is 1. The summed E-state index contributed by atoms with van der Waals surface area (Å²) in [4.78, 5) is 2.62. The lowest BCUT2D eigenvalue weighted by molar-refractivity contribution is 0.121. The van der Waals surface area contributed by atoms with E-state index in [1.165, 1.54) is 64.7 Å². The summed E-state index contributed by atoms with van der Waals surface area (Å²) in [6.45, 7) is 9.70. The summed E-state index contributed by atoms with van der Waals surface area (Å²) < 4.78 is 0. The maximum absolute atomic E-state index is 3.76. The van der Waals surface area contributed by atoms with Gasteiger partial charge in [-0.1, -0.05) is 6.42 Å². The fourth-order valence-electron chi connectivity index (χ4n) is 3.05. The molecule has 2 aliphatic heterocycles. The van der Waals surface area contributed by atoms with Crippen LogP contribution in [0.3, 0.4) is 0 Å². The highest BCUT2D eigenvalue weighted by Gasteiger charge is 2.20. The highest BCUT2D eigenvalue weighted by molar-refractivity contribution is 4.76. The second kappa shape index (κ2) is 6.72. The quantitative estimate of drug-likeness (QED) is 0.815. The summed E-state index contributed by atoms with van der Waals surface area (Å²) in [5, 5.41) is 2.47.